The highest BCUT2D eigenvalue weighted by Crippen LogP contribution is 2.33. The van der Waals surface area contributed by atoms with Crippen molar-refractivity contribution in [2.24, 2.45) is 5.92 Å². The van der Waals surface area contributed by atoms with Gasteiger partial charge in [0.25, 0.3) is 5.91 Å². The van der Waals surface area contributed by atoms with E-state index in [-0.39, 0.29) is 11.9 Å². The molecule has 3 fully saturated rings. The Labute approximate surface area is 181 Å². The van der Waals surface area contributed by atoms with Gasteiger partial charge in [0.05, 0.1) is 6.04 Å². The minimum absolute atomic E-state index is 0.00433. The second-order valence-corrected chi connectivity index (χ2v) is 9.56. The van der Waals surface area contributed by atoms with Crippen LogP contribution in [0.2, 0.25) is 0 Å². The molecule has 0 unspecified atom stereocenters. The Bertz CT molecular complexity index is 733. The Morgan fingerprint density at radius 1 is 0.867 bits per heavy atom. The number of nitrogens with zero attached hydrogens (tertiary/aromatic N) is 3. The lowest BCUT2D eigenvalue weighted by Crippen LogP contribution is -2.60. The summed E-state index contributed by atoms with van der Waals surface area (Å²) in [6.07, 6.45) is 8.32. The first-order chi connectivity index (χ1) is 14.5. The van der Waals surface area contributed by atoms with Gasteiger partial charge in [0, 0.05) is 44.3 Å². The predicted octanol–water partition coefficient (Wildman–Crippen LogP) is 3.71. The molecule has 0 bridgehead atoms. The monoisotopic (exact) mass is 411 g/mol. The molecule has 0 aromatic heterocycles. The zero-order valence-corrected chi connectivity index (χ0v) is 18.7. The summed E-state index contributed by atoms with van der Waals surface area (Å²) in [7, 11) is 0. The minimum Gasteiger partial charge on any atom is -0.339 e. The Morgan fingerprint density at radius 3 is 2.13 bits per heavy atom. The van der Waals surface area contributed by atoms with Crippen LogP contribution in [0.3, 0.4) is 0 Å². The zero-order valence-electron chi connectivity index (χ0n) is 18.7. The molecule has 5 heteroatoms. The molecule has 2 amide bonds. The standard InChI is InChI=1S/C25H37N3O2/c1-19-10-12-22(13-11-19)24(29)27-17-15-26(16-18-27)23(21-8-3-4-9-21)25(30)28-14-6-5-7-20(28)2/h10-13,20-21,23H,3-9,14-18H2,1-2H3/t20-,23+/m1/s1. The van der Waals surface area contributed by atoms with Crippen LogP contribution in [0.25, 0.3) is 0 Å². The Hall–Kier alpha value is -1.88. The van der Waals surface area contributed by atoms with E-state index in [2.05, 4.69) is 16.7 Å². The molecular weight excluding hydrogens is 374 g/mol. The number of amides is 2. The summed E-state index contributed by atoms with van der Waals surface area (Å²) in [5.41, 5.74) is 1.93. The van der Waals surface area contributed by atoms with Crippen LogP contribution < -0.4 is 0 Å². The first-order valence-corrected chi connectivity index (χ1v) is 11.9. The molecule has 164 valence electrons. The molecule has 2 aliphatic heterocycles. The van der Waals surface area contributed by atoms with Crippen LogP contribution >= 0.6 is 0 Å². The third kappa shape index (κ3) is 4.56. The van der Waals surface area contributed by atoms with Gasteiger partial charge in [-0.25, -0.2) is 0 Å². The molecule has 1 aromatic carbocycles. The van der Waals surface area contributed by atoms with Crippen molar-refractivity contribution in [2.75, 3.05) is 32.7 Å². The second-order valence-electron chi connectivity index (χ2n) is 9.56. The van der Waals surface area contributed by atoms with E-state index in [1.807, 2.05) is 36.1 Å². The van der Waals surface area contributed by atoms with Gasteiger partial charge in [-0.3, -0.25) is 14.5 Å². The fourth-order valence-electron chi connectivity index (χ4n) is 5.61. The number of benzene rings is 1. The van der Waals surface area contributed by atoms with Gasteiger partial charge in [0.2, 0.25) is 5.91 Å². The lowest BCUT2D eigenvalue weighted by atomic mass is 9.92. The van der Waals surface area contributed by atoms with Crippen molar-refractivity contribution in [2.45, 2.75) is 70.9 Å². The normalized spacial score (nSPS) is 24.8. The van der Waals surface area contributed by atoms with E-state index in [1.54, 1.807) is 0 Å². The van der Waals surface area contributed by atoms with Crippen molar-refractivity contribution in [1.29, 1.82) is 0 Å². The number of likely N-dealkylation sites (tertiary alicyclic amines) is 1. The van der Waals surface area contributed by atoms with Crippen LogP contribution in [0.4, 0.5) is 0 Å². The molecule has 1 aliphatic carbocycles. The molecule has 0 spiro atoms. The van der Waals surface area contributed by atoms with E-state index in [0.717, 1.165) is 38.0 Å². The average molecular weight is 412 g/mol. The van der Waals surface area contributed by atoms with Gasteiger partial charge in [-0.1, -0.05) is 30.5 Å². The quantitative estimate of drug-likeness (QED) is 0.759. The minimum atomic E-state index is 0.00433. The summed E-state index contributed by atoms with van der Waals surface area (Å²) in [4.78, 5) is 33.1. The lowest BCUT2D eigenvalue weighted by molar-refractivity contribution is -0.143. The fraction of sp³-hybridized carbons (Fsp3) is 0.680. The third-order valence-electron chi connectivity index (χ3n) is 7.48. The molecule has 30 heavy (non-hydrogen) atoms. The fourth-order valence-corrected chi connectivity index (χ4v) is 5.61. The van der Waals surface area contributed by atoms with Gasteiger partial charge in [-0.05, 0) is 64.0 Å². The molecular formula is C25H37N3O2. The first kappa shape index (κ1) is 21.4. The molecule has 4 rings (SSSR count). The molecule has 1 saturated carbocycles. The SMILES string of the molecule is Cc1ccc(C(=O)N2CCN([C@H](C(=O)N3CCCC[C@H]3C)C3CCCC3)CC2)cc1. The van der Waals surface area contributed by atoms with Gasteiger partial charge in [-0.2, -0.15) is 0 Å². The van der Waals surface area contributed by atoms with Crippen molar-refractivity contribution < 1.29 is 9.59 Å². The van der Waals surface area contributed by atoms with E-state index >= 15 is 0 Å². The highest BCUT2D eigenvalue weighted by atomic mass is 16.2. The number of aryl methyl sites for hydroxylation is 1. The van der Waals surface area contributed by atoms with Crippen molar-refractivity contribution >= 4 is 11.8 Å². The zero-order chi connectivity index (χ0) is 21.1. The molecule has 1 aromatic rings. The Balaban J connectivity index is 1.43. The maximum absolute atomic E-state index is 13.7. The van der Waals surface area contributed by atoms with Crippen LogP contribution in [-0.4, -0.2) is 71.3 Å². The van der Waals surface area contributed by atoms with E-state index in [0.29, 0.717) is 31.0 Å². The lowest BCUT2D eigenvalue weighted by Gasteiger charge is -2.44. The molecule has 3 aliphatic rings. The molecule has 5 nitrogen and oxygen atoms in total. The number of hydrogen-bond donors (Lipinski definition) is 0. The van der Waals surface area contributed by atoms with Gasteiger partial charge in [-0.15, -0.1) is 0 Å². The highest BCUT2D eigenvalue weighted by Gasteiger charge is 2.40. The smallest absolute Gasteiger partial charge is 0.253 e. The Kier molecular flexibility index (Phi) is 6.77. The number of piperazine rings is 1. The second kappa shape index (κ2) is 9.51. The van der Waals surface area contributed by atoms with Crippen LogP contribution in [0, 0.1) is 12.8 Å². The number of carbonyl (C=O) groups excluding carboxylic acids is 2. The van der Waals surface area contributed by atoms with Gasteiger partial charge in [0.15, 0.2) is 0 Å². The number of hydrogen-bond acceptors (Lipinski definition) is 3. The van der Waals surface area contributed by atoms with Crippen LogP contribution in [0.1, 0.15) is 67.8 Å². The van der Waals surface area contributed by atoms with Crippen molar-refractivity contribution in [3.8, 4) is 0 Å². The van der Waals surface area contributed by atoms with E-state index in [1.165, 1.54) is 37.7 Å². The first-order valence-electron chi connectivity index (χ1n) is 11.9. The van der Waals surface area contributed by atoms with Gasteiger partial charge >= 0.3 is 0 Å². The van der Waals surface area contributed by atoms with E-state index < -0.39 is 0 Å². The topological polar surface area (TPSA) is 43.9 Å². The van der Waals surface area contributed by atoms with Crippen LogP contribution in [-0.2, 0) is 4.79 Å². The summed E-state index contributed by atoms with van der Waals surface area (Å²) in [6, 6.07) is 8.21. The third-order valence-corrected chi connectivity index (χ3v) is 7.48. The maximum atomic E-state index is 13.7. The average Bonchev–Trinajstić information content (AvgIpc) is 3.29. The van der Waals surface area contributed by atoms with Gasteiger partial charge in [0.1, 0.15) is 0 Å². The van der Waals surface area contributed by atoms with E-state index in [4.69, 9.17) is 0 Å². The van der Waals surface area contributed by atoms with Crippen LogP contribution in [0.5, 0.6) is 0 Å². The molecule has 0 radical (unpaired) electrons. The summed E-state index contributed by atoms with van der Waals surface area (Å²) in [6.45, 7) is 8.17. The van der Waals surface area contributed by atoms with Crippen LogP contribution in [0.15, 0.2) is 24.3 Å². The van der Waals surface area contributed by atoms with Crippen molar-refractivity contribution in [3.05, 3.63) is 35.4 Å². The Morgan fingerprint density at radius 2 is 1.50 bits per heavy atom. The molecule has 2 atom stereocenters. The molecule has 2 heterocycles. The number of carbonyl (C=O) groups is 2. The maximum Gasteiger partial charge on any atom is 0.253 e. The highest BCUT2D eigenvalue weighted by molar-refractivity contribution is 5.94. The van der Waals surface area contributed by atoms with Crippen molar-refractivity contribution in [3.63, 3.8) is 0 Å². The van der Waals surface area contributed by atoms with E-state index in [9.17, 15) is 9.59 Å². The summed E-state index contributed by atoms with van der Waals surface area (Å²) >= 11 is 0. The largest absolute Gasteiger partial charge is 0.339 e. The number of rotatable bonds is 4. The molecule has 0 N–H and O–H groups in total. The van der Waals surface area contributed by atoms with Crippen molar-refractivity contribution in [1.82, 2.24) is 14.7 Å². The summed E-state index contributed by atoms with van der Waals surface area (Å²) in [5, 5.41) is 0. The predicted molar refractivity (Wildman–Crippen MR) is 119 cm³/mol. The summed E-state index contributed by atoms with van der Waals surface area (Å²) in [5.74, 6) is 0.946. The van der Waals surface area contributed by atoms with Gasteiger partial charge < -0.3 is 9.80 Å². The number of piperidine rings is 1. The molecule has 2 saturated heterocycles. The summed E-state index contributed by atoms with van der Waals surface area (Å²) < 4.78 is 0.